The molecule has 3 rings (SSSR count). The van der Waals surface area contributed by atoms with Gasteiger partial charge in [-0.3, -0.25) is 9.59 Å². The van der Waals surface area contributed by atoms with Crippen molar-refractivity contribution in [1.29, 1.82) is 0 Å². The Morgan fingerprint density at radius 3 is 1.83 bits per heavy atom. The molecule has 3 aromatic carbocycles. The standard InChI is InChI=1S/C20H16N2O2/c23-13-21-17-8-6-16(7-9-17)19-11-10-18(22-14-24)12-20(19)15-4-2-1-3-5-15/h1-14H,(H,21,23)(H,22,24). The summed E-state index contributed by atoms with van der Waals surface area (Å²) in [5.41, 5.74) is 5.66. The normalized spacial score (nSPS) is 10.0. The summed E-state index contributed by atoms with van der Waals surface area (Å²) < 4.78 is 0. The van der Waals surface area contributed by atoms with Gasteiger partial charge in [-0.05, 0) is 46.5 Å². The maximum absolute atomic E-state index is 10.7. The first-order valence-electron chi connectivity index (χ1n) is 7.52. The van der Waals surface area contributed by atoms with E-state index in [9.17, 15) is 9.59 Å². The van der Waals surface area contributed by atoms with E-state index in [0.717, 1.165) is 33.6 Å². The second-order valence-corrected chi connectivity index (χ2v) is 5.23. The number of hydrogen-bond donors (Lipinski definition) is 2. The molecule has 2 amide bonds. The molecule has 24 heavy (non-hydrogen) atoms. The summed E-state index contributed by atoms with van der Waals surface area (Å²) in [5, 5.41) is 5.32. The predicted molar refractivity (Wildman–Crippen MR) is 96.7 cm³/mol. The van der Waals surface area contributed by atoms with Crippen LogP contribution in [0, 0.1) is 0 Å². The van der Waals surface area contributed by atoms with Gasteiger partial charge in [-0.2, -0.15) is 0 Å². The molecule has 0 aliphatic heterocycles. The van der Waals surface area contributed by atoms with Gasteiger partial charge in [-0.1, -0.05) is 48.5 Å². The number of carbonyl (C=O) groups excluding carboxylic acids is 2. The zero-order valence-corrected chi connectivity index (χ0v) is 12.9. The third kappa shape index (κ3) is 3.33. The van der Waals surface area contributed by atoms with Gasteiger partial charge in [0.15, 0.2) is 0 Å². The average Bonchev–Trinajstić information content (AvgIpc) is 2.64. The Hall–Kier alpha value is -3.40. The van der Waals surface area contributed by atoms with Crippen molar-refractivity contribution in [3.05, 3.63) is 72.8 Å². The van der Waals surface area contributed by atoms with Crippen LogP contribution in [0.4, 0.5) is 11.4 Å². The van der Waals surface area contributed by atoms with Crippen LogP contribution in [0.15, 0.2) is 72.8 Å². The topological polar surface area (TPSA) is 58.2 Å². The number of hydrogen-bond acceptors (Lipinski definition) is 2. The second kappa shape index (κ2) is 7.24. The van der Waals surface area contributed by atoms with Crippen LogP contribution in [0.2, 0.25) is 0 Å². The average molecular weight is 316 g/mol. The Kier molecular flexibility index (Phi) is 4.68. The maximum Gasteiger partial charge on any atom is 0.211 e. The van der Waals surface area contributed by atoms with Gasteiger partial charge in [0.05, 0.1) is 0 Å². The third-order valence-electron chi connectivity index (χ3n) is 3.75. The molecule has 0 spiro atoms. The number of benzene rings is 3. The fourth-order valence-corrected chi connectivity index (χ4v) is 2.62. The van der Waals surface area contributed by atoms with E-state index in [1.54, 1.807) is 0 Å². The van der Waals surface area contributed by atoms with Gasteiger partial charge in [0.25, 0.3) is 0 Å². The molecule has 0 bridgehead atoms. The highest BCUT2D eigenvalue weighted by Crippen LogP contribution is 2.34. The molecule has 4 heteroatoms. The number of amides is 2. The van der Waals surface area contributed by atoms with Crippen molar-refractivity contribution in [2.24, 2.45) is 0 Å². The Morgan fingerprint density at radius 2 is 1.17 bits per heavy atom. The van der Waals surface area contributed by atoms with Crippen molar-refractivity contribution in [2.45, 2.75) is 0 Å². The highest BCUT2D eigenvalue weighted by molar-refractivity contribution is 5.88. The van der Waals surface area contributed by atoms with E-state index in [1.165, 1.54) is 0 Å². The van der Waals surface area contributed by atoms with Gasteiger partial charge in [-0.25, -0.2) is 0 Å². The monoisotopic (exact) mass is 316 g/mol. The minimum Gasteiger partial charge on any atom is -0.329 e. The molecular formula is C20H16N2O2. The lowest BCUT2D eigenvalue weighted by atomic mass is 9.94. The molecule has 0 saturated heterocycles. The number of carbonyl (C=O) groups is 2. The molecule has 0 atom stereocenters. The molecule has 0 aliphatic rings. The maximum atomic E-state index is 10.7. The smallest absolute Gasteiger partial charge is 0.211 e. The Morgan fingerprint density at radius 1 is 0.583 bits per heavy atom. The third-order valence-corrected chi connectivity index (χ3v) is 3.75. The van der Waals surface area contributed by atoms with E-state index < -0.39 is 0 Å². The molecule has 0 fully saturated rings. The van der Waals surface area contributed by atoms with Crippen molar-refractivity contribution in [1.82, 2.24) is 0 Å². The van der Waals surface area contributed by atoms with Crippen LogP contribution in [-0.4, -0.2) is 12.8 Å². The van der Waals surface area contributed by atoms with Gasteiger partial charge in [0, 0.05) is 11.4 Å². The van der Waals surface area contributed by atoms with Crippen molar-refractivity contribution >= 4 is 24.2 Å². The largest absolute Gasteiger partial charge is 0.329 e. The summed E-state index contributed by atoms with van der Waals surface area (Å²) in [6.07, 6.45) is 1.33. The van der Waals surface area contributed by atoms with E-state index in [4.69, 9.17) is 0 Å². The summed E-state index contributed by atoms with van der Waals surface area (Å²) in [5.74, 6) is 0. The number of rotatable bonds is 6. The van der Waals surface area contributed by atoms with Crippen LogP contribution < -0.4 is 10.6 Å². The summed E-state index contributed by atoms with van der Waals surface area (Å²) in [4.78, 5) is 21.3. The number of nitrogens with one attached hydrogen (secondary N) is 2. The molecule has 3 aromatic rings. The first-order valence-corrected chi connectivity index (χ1v) is 7.52. The predicted octanol–water partition coefficient (Wildman–Crippen LogP) is 4.16. The van der Waals surface area contributed by atoms with E-state index >= 15 is 0 Å². The quantitative estimate of drug-likeness (QED) is 0.671. The van der Waals surface area contributed by atoms with Crippen molar-refractivity contribution in [3.8, 4) is 22.3 Å². The Balaban J connectivity index is 2.09. The van der Waals surface area contributed by atoms with Crippen molar-refractivity contribution in [2.75, 3.05) is 10.6 Å². The number of anilines is 2. The summed E-state index contributed by atoms with van der Waals surface area (Å²) in [7, 11) is 0. The summed E-state index contributed by atoms with van der Waals surface area (Å²) in [6, 6.07) is 23.4. The second-order valence-electron chi connectivity index (χ2n) is 5.23. The summed E-state index contributed by atoms with van der Waals surface area (Å²) >= 11 is 0. The SMILES string of the molecule is O=CNc1ccc(-c2ccc(NC=O)cc2-c2ccccc2)cc1. The lowest BCUT2D eigenvalue weighted by Crippen LogP contribution is -1.95. The highest BCUT2D eigenvalue weighted by atomic mass is 16.1. The summed E-state index contributed by atoms with van der Waals surface area (Å²) in [6.45, 7) is 0. The fourth-order valence-electron chi connectivity index (χ4n) is 2.62. The van der Waals surface area contributed by atoms with E-state index in [0.29, 0.717) is 12.8 Å². The Bertz CT molecular complexity index is 843. The molecule has 0 heterocycles. The van der Waals surface area contributed by atoms with E-state index in [1.807, 2.05) is 72.8 Å². The van der Waals surface area contributed by atoms with Gasteiger partial charge in [-0.15, -0.1) is 0 Å². The van der Waals surface area contributed by atoms with Gasteiger partial charge < -0.3 is 10.6 Å². The molecule has 0 aliphatic carbocycles. The van der Waals surface area contributed by atoms with Gasteiger partial charge in [0.2, 0.25) is 12.8 Å². The van der Waals surface area contributed by atoms with Gasteiger partial charge >= 0.3 is 0 Å². The van der Waals surface area contributed by atoms with E-state index in [2.05, 4.69) is 10.6 Å². The van der Waals surface area contributed by atoms with Gasteiger partial charge in [0.1, 0.15) is 0 Å². The molecule has 118 valence electrons. The van der Waals surface area contributed by atoms with E-state index in [-0.39, 0.29) is 0 Å². The molecule has 0 saturated carbocycles. The first-order chi connectivity index (χ1) is 11.8. The zero-order chi connectivity index (χ0) is 16.8. The minimum absolute atomic E-state index is 0.657. The van der Waals surface area contributed by atoms with Crippen LogP contribution >= 0.6 is 0 Å². The lowest BCUT2D eigenvalue weighted by molar-refractivity contribution is -0.106. The molecule has 0 unspecified atom stereocenters. The van der Waals surface area contributed by atoms with Crippen molar-refractivity contribution < 1.29 is 9.59 Å². The first kappa shape index (κ1) is 15.5. The van der Waals surface area contributed by atoms with Crippen LogP contribution in [0.25, 0.3) is 22.3 Å². The lowest BCUT2D eigenvalue weighted by Gasteiger charge is -2.13. The highest BCUT2D eigenvalue weighted by Gasteiger charge is 2.09. The Labute approximate surface area is 140 Å². The molecular weight excluding hydrogens is 300 g/mol. The van der Waals surface area contributed by atoms with Crippen LogP contribution in [0.1, 0.15) is 0 Å². The molecule has 0 aromatic heterocycles. The molecule has 4 nitrogen and oxygen atoms in total. The van der Waals surface area contributed by atoms with Crippen LogP contribution in [0.3, 0.4) is 0 Å². The fraction of sp³-hybridized carbons (Fsp3) is 0. The zero-order valence-electron chi connectivity index (χ0n) is 12.9. The van der Waals surface area contributed by atoms with Crippen LogP contribution in [-0.2, 0) is 9.59 Å². The minimum atomic E-state index is 0.657. The van der Waals surface area contributed by atoms with Crippen LogP contribution in [0.5, 0.6) is 0 Å². The van der Waals surface area contributed by atoms with Crippen molar-refractivity contribution in [3.63, 3.8) is 0 Å². The molecule has 2 N–H and O–H groups in total. The molecule has 0 radical (unpaired) electrons.